The van der Waals surface area contributed by atoms with Crippen LogP contribution in [0.2, 0.25) is 0 Å². The van der Waals surface area contributed by atoms with Crippen LogP contribution >= 0.6 is 11.3 Å². The van der Waals surface area contributed by atoms with Gasteiger partial charge in [-0.15, -0.1) is 0 Å². The molecule has 0 spiro atoms. The number of carbonyl (C=O) groups is 3. The minimum Gasteiger partial charge on any atom is -0.494 e. The highest BCUT2D eigenvalue weighted by atomic mass is 32.1. The zero-order valence-electron chi connectivity index (χ0n) is 14.4. The lowest BCUT2D eigenvalue weighted by molar-refractivity contribution is -0.116. The molecule has 1 aliphatic rings. The first-order chi connectivity index (χ1) is 13.1. The van der Waals surface area contributed by atoms with E-state index >= 15 is 0 Å². The summed E-state index contributed by atoms with van der Waals surface area (Å²) in [5, 5.41) is 3.06. The maximum Gasteiger partial charge on any atom is 0.262 e. The van der Waals surface area contributed by atoms with Crippen LogP contribution in [0.3, 0.4) is 0 Å². The van der Waals surface area contributed by atoms with E-state index in [0.717, 1.165) is 20.9 Å². The molecule has 136 valence electrons. The number of rotatable bonds is 5. The van der Waals surface area contributed by atoms with Gasteiger partial charge in [-0.1, -0.05) is 23.5 Å². The Hall–Kier alpha value is -3.26. The minimum atomic E-state index is -0.478. The second kappa shape index (κ2) is 6.81. The average Bonchev–Trinajstić information content (AvgIpc) is 3.16. The third-order valence-corrected chi connectivity index (χ3v) is 5.03. The summed E-state index contributed by atoms with van der Waals surface area (Å²) in [6.07, 6.45) is 0. The van der Waals surface area contributed by atoms with Crippen molar-refractivity contribution in [1.29, 1.82) is 0 Å². The second-order valence-corrected chi connectivity index (χ2v) is 6.90. The first kappa shape index (κ1) is 17.2. The van der Waals surface area contributed by atoms with Crippen LogP contribution in [0.1, 0.15) is 27.6 Å². The number of benzene rings is 2. The molecule has 3 aromatic rings. The van der Waals surface area contributed by atoms with Crippen LogP contribution in [-0.2, 0) is 4.79 Å². The van der Waals surface area contributed by atoms with E-state index in [1.165, 1.54) is 11.3 Å². The summed E-state index contributed by atoms with van der Waals surface area (Å²) < 4.78 is 6.33. The Morgan fingerprint density at radius 1 is 1.15 bits per heavy atom. The molecule has 0 unspecified atom stereocenters. The van der Waals surface area contributed by atoms with Crippen molar-refractivity contribution in [1.82, 2.24) is 9.88 Å². The zero-order chi connectivity index (χ0) is 19.0. The number of carbonyl (C=O) groups excluding carboxylic acids is 3. The fraction of sp³-hybridized carbons (Fsp3) is 0.158. The lowest BCUT2D eigenvalue weighted by atomic mass is 10.1. The number of nitrogens with zero attached hydrogens (tertiary/aromatic N) is 2. The van der Waals surface area contributed by atoms with Gasteiger partial charge in [0.1, 0.15) is 12.3 Å². The number of aromatic nitrogens is 1. The Balaban J connectivity index is 1.48. The summed E-state index contributed by atoms with van der Waals surface area (Å²) >= 11 is 1.30. The van der Waals surface area contributed by atoms with Crippen molar-refractivity contribution in [2.45, 2.75) is 6.92 Å². The summed E-state index contributed by atoms with van der Waals surface area (Å²) in [5.74, 6) is -0.668. The molecule has 1 aromatic heterocycles. The van der Waals surface area contributed by atoms with Crippen LogP contribution in [0.25, 0.3) is 10.2 Å². The van der Waals surface area contributed by atoms with Crippen molar-refractivity contribution in [3.8, 4) is 5.75 Å². The second-order valence-electron chi connectivity index (χ2n) is 5.87. The molecule has 8 heteroatoms. The van der Waals surface area contributed by atoms with Crippen molar-refractivity contribution >= 4 is 44.4 Å². The summed E-state index contributed by atoms with van der Waals surface area (Å²) in [7, 11) is 0. The van der Waals surface area contributed by atoms with E-state index in [4.69, 9.17) is 4.74 Å². The summed E-state index contributed by atoms with van der Waals surface area (Å²) in [6, 6.07) is 12.0. The number of fused-ring (bicyclic) bond motifs is 2. The predicted molar refractivity (Wildman–Crippen MR) is 101 cm³/mol. The number of amides is 3. The van der Waals surface area contributed by atoms with Gasteiger partial charge in [0.25, 0.3) is 11.8 Å². The van der Waals surface area contributed by atoms with E-state index in [1.807, 2.05) is 25.1 Å². The molecule has 0 atom stereocenters. The van der Waals surface area contributed by atoms with E-state index in [-0.39, 0.29) is 6.54 Å². The Bertz CT molecular complexity index is 1040. The van der Waals surface area contributed by atoms with Crippen molar-refractivity contribution in [2.75, 3.05) is 18.5 Å². The Morgan fingerprint density at radius 2 is 1.85 bits per heavy atom. The van der Waals surface area contributed by atoms with Crippen LogP contribution in [-0.4, -0.2) is 40.8 Å². The summed E-state index contributed by atoms with van der Waals surface area (Å²) in [5.41, 5.74) is 1.37. The number of thiazole rings is 1. The first-order valence-corrected chi connectivity index (χ1v) is 9.17. The van der Waals surface area contributed by atoms with E-state index < -0.39 is 17.7 Å². The maximum absolute atomic E-state index is 12.3. The quantitative estimate of drug-likeness (QED) is 0.687. The number of hydrogen-bond acceptors (Lipinski definition) is 6. The van der Waals surface area contributed by atoms with E-state index in [1.54, 1.807) is 24.3 Å². The van der Waals surface area contributed by atoms with Gasteiger partial charge in [0.2, 0.25) is 5.91 Å². The van der Waals surface area contributed by atoms with Gasteiger partial charge in [-0.25, -0.2) is 4.98 Å². The zero-order valence-corrected chi connectivity index (χ0v) is 15.2. The number of ether oxygens (including phenoxy) is 1. The van der Waals surface area contributed by atoms with E-state index in [9.17, 15) is 14.4 Å². The molecule has 1 aliphatic heterocycles. The molecule has 0 bridgehead atoms. The van der Waals surface area contributed by atoms with Gasteiger partial charge in [0, 0.05) is 0 Å². The molecule has 0 fully saturated rings. The maximum atomic E-state index is 12.3. The van der Waals surface area contributed by atoms with Gasteiger partial charge in [-0.3, -0.25) is 19.3 Å². The first-order valence-electron chi connectivity index (χ1n) is 8.35. The third-order valence-electron chi connectivity index (χ3n) is 4.10. The van der Waals surface area contributed by atoms with E-state index in [0.29, 0.717) is 22.9 Å². The van der Waals surface area contributed by atoms with Crippen LogP contribution < -0.4 is 10.1 Å². The molecular formula is C19H15N3O4S. The Kier molecular flexibility index (Phi) is 4.33. The summed E-state index contributed by atoms with van der Waals surface area (Å²) in [4.78, 5) is 42.3. The molecule has 0 saturated carbocycles. The Morgan fingerprint density at radius 3 is 2.52 bits per heavy atom. The molecule has 0 radical (unpaired) electrons. The highest BCUT2D eigenvalue weighted by Gasteiger charge is 2.36. The van der Waals surface area contributed by atoms with Crippen molar-refractivity contribution < 1.29 is 19.1 Å². The average molecular weight is 381 g/mol. The molecule has 7 nitrogen and oxygen atoms in total. The van der Waals surface area contributed by atoms with Gasteiger partial charge < -0.3 is 10.1 Å². The topological polar surface area (TPSA) is 88.6 Å². The predicted octanol–water partition coefficient (Wildman–Crippen LogP) is 2.93. The molecule has 2 aromatic carbocycles. The fourth-order valence-corrected chi connectivity index (χ4v) is 3.81. The monoisotopic (exact) mass is 381 g/mol. The van der Waals surface area contributed by atoms with Gasteiger partial charge in [0.15, 0.2) is 5.13 Å². The highest BCUT2D eigenvalue weighted by Crippen LogP contribution is 2.29. The van der Waals surface area contributed by atoms with Crippen LogP contribution in [0, 0.1) is 0 Å². The molecule has 0 saturated heterocycles. The molecular weight excluding hydrogens is 366 g/mol. The molecule has 1 N–H and O–H groups in total. The van der Waals surface area contributed by atoms with Crippen molar-refractivity contribution in [3.05, 3.63) is 53.6 Å². The molecule has 3 amide bonds. The van der Waals surface area contributed by atoms with Crippen LogP contribution in [0.15, 0.2) is 42.5 Å². The Labute approximate surface area is 158 Å². The molecule has 0 aliphatic carbocycles. The lowest BCUT2D eigenvalue weighted by Gasteiger charge is -2.12. The minimum absolute atomic E-state index is 0.318. The number of hydrogen-bond donors (Lipinski definition) is 1. The van der Waals surface area contributed by atoms with Crippen molar-refractivity contribution in [2.24, 2.45) is 0 Å². The number of anilines is 1. The van der Waals surface area contributed by atoms with Gasteiger partial charge in [-0.2, -0.15) is 0 Å². The van der Waals surface area contributed by atoms with Crippen LogP contribution in [0.5, 0.6) is 5.75 Å². The lowest BCUT2D eigenvalue weighted by Crippen LogP contribution is -2.37. The largest absolute Gasteiger partial charge is 0.494 e. The molecule has 27 heavy (non-hydrogen) atoms. The standard InChI is InChI=1S/C19H15N3O4S/c1-2-26-11-7-8-14-15(9-11)27-19(20-14)21-16(23)10-22-17(24)12-5-3-4-6-13(12)18(22)25/h3-9H,2,10H2,1H3,(H,20,21,23). The van der Waals surface area contributed by atoms with Gasteiger partial charge in [0.05, 0.1) is 28.0 Å². The van der Waals surface area contributed by atoms with Gasteiger partial charge >= 0.3 is 0 Å². The number of nitrogens with one attached hydrogen (secondary N) is 1. The normalized spacial score (nSPS) is 13.1. The van der Waals surface area contributed by atoms with E-state index in [2.05, 4.69) is 10.3 Å². The molecule has 2 heterocycles. The third kappa shape index (κ3) is 3.15. The highest BCUT2D eigenvalue weighted by molar-refractivity contribution is 7.22. The van der Waals surface area contributed by atoms with Crippen LogP contribution in [0.4, 0.5) is 5.13 Å². The SMILES string of the molecule is CCOc1ccc2nc(NC(=O)CN3C(=O)c4ccccc4C3=O)sc2c1. The number of imide groups is 1. The fourth-order valence-electron chi connectivity index (χ4n) is 2.90. The smallest absolute Gasteiger partial charge is 0.262 e. The van der Waals surface area contributed by atoms with Crippen molar-refractivity contribution in [3.63, 3.8) is 0 Å². The molecule has 4 rings (SSSR count). The van der Waals surface area contributed by atoms with Gasteiger partial charge in [-0.05, 0) is 37.3 Å². The summed E-state index contributed by atoms with van der Waals surface area (Å²) in [6.45, 7) is 2.11.